The molecule has 0 heterocycles. The normalized spacial score (nSPS) is 13.3. The highest BCUT2D eigenvalue weighted by atomic mass is 35.5. The van der Waals surface area contributed by atoms with Crippen molar-refractivity contribution >= 4 is 29.5 Å². The number of halogens is 1. The molecular weight excluding hydrogens is 276 g/mol. The van der Waals surface area contributed by atoms with E-state index in [1.165, 1.54) is 0 Å². The van der Waals surface area contributed by atoms with Crippen molar-refractivity contribution in [3.05, 3.63) is 34.9 Å². The zero-order valence-electron chi connectivity index (χ0n) is 12.2. The van der Waals surface area contributed by atoms with Crippen LogP contribution in [0.2, 0.25) is 5.02 Å². The second kappa shape index (κ2) is 6.77. The van der Waals surface area contributed by atoms with Crippen LogP contribution in [0.25, 0.3) is 6.08 Å². The lowest BCUT2D eigenvalue weighted by Crippen LogP contribution is -2.27. The Morgan fingerprint density at radius 1 is 1.45 bits per heavy atom. The Morgan fingerprint density at radius 3 is 2.60 bits per heavy atom. The molecule has 1 unspecified atom stereocenters. The van der Waals surface area contributed by atoms with Gasteiger partial charge in [0, 0.05) is 6.04 Å². The van der Waals surface area contributed by atoms with Crippen molar-refractivity contribution in [1.29, 1.82) is 0 Å². The molecule has 5 heteroatoms. The van der Waals surface area contributed by atoms with Crippen LogP contribution < -0.4 is 11.1 Å². The molecule has 1 aromatic rings. The molecule has 1 atom stereocenters. The second-order valence-corrected chi connectivity index (χ2v) is 5.99. The third-order valence-corrected chi connectivity index (χ3v) is 2.53. The molecule has 0 saturated carbocycles. The number of carbonyl (C=O) groups excluding carboxylic acids is 1. The number of benzene rings is 1. The monoisotopic (exact) mass is 296 g/mol. The van der Waals surface area contributed by atoms with E-state index in [-0.39, 0.29) is 6.04 Å². The number of carbonyl (C=O) groups is 1. The molecule has 0 bridgehead atoms. The summed E-state index contributed by atoms with van der Waals surface area (Å²) in [6.45, 7) is 7.29. The number of amides is 1. The molecule has 0 radical (unpaired) electrons. The Labute approximate surface area is 124 Å². The summed E-state index contributed by atoms with van der Waals surface area (Å²) in [5.74, 6) is 0. The standard InChI is InChI=1S/C15H21ClN2O2/c1-10(17)5-6-11-7-8-13(12(16)9-11)18-14(19)20-15(2,3)4/h5-10H,17H2,1-4H3,(H,18,19)/b6-5+. The van der Waals surface area contributed by atoms with Crippen molar-refractivity contribution in [2.24, 2.45) is 5.73 Å². The average molecular weight is 297 g/mol. The summed E-state index contributed by atoms with van der Waals surface area (Å²) < 4.78 is 5.17. The molecule has 0 fully saturated rings. The Kier molecular flexibility index (Phi) is 5.60. The Morgan fingerprint density at radius 2 is 2.10 bits per heavy atom. The molecule has 1 rings (SSSR count). The highest BCUT2D eigenvalue weighted by Gasteiger charge is 2.16. The summed E-state index contributed by atoms with van der Waals surface area (Å²) in [6, 6.07) is 5.31. The summed E-state index contributed by atoms with van der Waals surface area (Å²) >= 11 is 6.12. The van der Waals surface area contributed by atoms with Gasteiger partial charge in [0.25, 0.3) is 0 Å². The number of ether oxygens (including phenoxy) is 1. The number of hydrogen-bond donors (Lipinski definition) is 2. The predicted molar refractivity (Wildman–Crippen MR) is 84.0 cm³/mol. The van der Waals surface area contributed by atoms with E-state index in [1.54, 1.807) is 32.9 Å². The molecule has 4 nitrogen and oxygen atoms in total. The molecule has 20 heavy (non-hydrogen) atoms. The summed E-state index contributed by atoms with van der Waals surface area (Å²) in [7, 11) is 0. The van der Waals surface area contributed by atoms with E-state index in [1.807, 2.05) is 25.1 Å². The first-order valence-electron chi connectivity index (χ1n) is 6.41. The van der Waals surface area contributed by atoms with Crippen LogP contribution in [0.1, 0.15) is 33.3 Å². The minimum Gasteiger partial charge on any atom is -0.444 e. The predicted octanol–water partition coefficient (Wildman–Crippen LogP) is 4.05. The minimum atomic E-state index is -0.545. The molecule has 1 aromatic carbocycles. The summed E-state index contributed by atoms with van der Waals surface area (Å²) in [5.41, 5.74) is 6.53. The lowest BCUT2D eigenvalue weighted by Gasteiger charge is -2.20. The molecule has 0 spiro atoms. The van der Waals surface area contributed by atoms with Gasteiger partial charge in [-0.3, -0.25) is 5.32 Å². The highest BCUT2D eigenvalue weighted by Crippen LogP contribution is 2.24. The van der Waals surface area contributed by atoms with Gasteiger partial charge in [-0.25, -0.2) is 4.79 Å². The van der Waals surface area contributed by atoms with E-state index in [2.05, 4.69) is 5.32 Å². The highest BCUT2D eigenvalue weighted by molar-refractivity contribution is 6.33. The quantitative estimate of drug-likeness (QED) is 0.884. The second-order valence-electron chi connectivity index (χ2n) is 5.58. The molecule has 0 aromatic heterocycles. The summed E-state index contributed by atoms with van der Waals surface area (Å²) in [6.07, 6.45) is 3.22. The largest absolute Gasteiger partial charge is 0.444 e. The Bertz CT molecular complexity index is 505. The molecule has 0 aliphatic carbocycles. The van der Waals surface area contributed by atoms with Gasteiger partial charge in [-0.2, -0.15) is 0 Å². The average Bonchev–Trinajstić information content (AvgIpc) is 2.27. The van der Waals surface area contributed by atoms with E-state index < -0.39 is 11.7 Å². The van der Waals surface area contributed by atoms with Gasteiger partial charge in [0.15, 0.2) is 0 Å². The van der Waals surface area contributed by atoms with Crippen molar-refractivity contribution < 1.29 is 9.53 Å². The number of nitrogens with two attached hydrogens (primary N) is 1. The first kappa shape index (κ1) is 16.5. The van der Waals surface area contributed by atoms with Gasteiger partial charge in [-0.05, 0) is 45.4 Å². The van der Waals surface area contributed by atoms with Crippen LogP contribution in [0.3, 0.4) is 0 Å². The van der Waals surface area contributed by atoms with E-state index in [9.17, 15) is 4.79 Å². The van der Waals surface area contributed by atoms with Gasteiger partial charge in [0.1, 0.15) is 5.60 Å². The Balaban J connectivity index is 2.76. The molecule has 0 saturated heterocycles. The maximum atomic E-state index is 11.7. The first-order valence-corrected chi connectivity index (χ1v) is 6.78. The van der Waals surface area contributed by atoms with E-state index in [0.717, 1.165) is 5.56 Å². The summed E-state index contributed by atoms with van der Waals surface area (Å²) in [4.78, 5) is 11.7. The van der Waals surface area contributed by atoms with Crippen molar-refractivity contribution in [1.82, 2.24) is 0 Å². The first-order chi connectivity index (χ1) is 9.17. The topological polar surface area (TPSA) is 64.3 Å². The Hall–Kier alpha value is -1.52. The van der Waals surface area contributed by atoms with Crippen molar-refractivity contribution in [3.8, 4) is 0 Å². The van der Waals surface area contributed by atoms with Gasteiger partial charge >= 0.3 is 6.09 Å². The molecule has 110 valence electrons. The van der Waals surface area contributed by atoms with Crippen molar-refractivity contribution in [2.45, 2.75) is 39.3 Å². The molecule has 0 aliphatic heterocycles. The van der Waals surface area contributed by atoms with E-state index in [0.29, 0.717) is 10.7 Å². The molecule has 3 N–H and O–H groups in total. The molecular formula is C15H21ClN2O2. The molecule has 0 aliphatic rings. The van der Waals surface area contributed by atoms with Gasteiger partial charge in [0.05, 0.1) is 10.7 Å². The number of anilines is 1. The van der Waals surface area contributed by atoms with Crippen LogP contribution in [0, 0.1) is 0 Å². The number of hydrogen-bond acceptors (Lipinski definition) is 3. The zero-order chi connectivity index (χ0) is 15.3. The van der Waals surface area contributed by atoms with Gasteiger partial charge in [0.2, 0.25) is 0 Å². The van der Waals surface area contributed by atoms with Crippen molar-refractivity contribution in [3.63, 3.8) is 0 Å². The van der Waals surface area contributed by atoms with Gasteiger partial charge < -0.3 is 10.5 Å². The van der Waals surface area contributed by atoms with Crippen LogP contribution in [0.4, 0.5) is 10.5 Å². The van der Waals surface area contributed by atoms with Crippen LogP contribution in [0.5, 0.6) is 0 Å². The third-order valence-electron chi connectivity index (χ3n) is 2.22. The lowest BCUT2D eigenvalue weighted by molar-refractivity contribution is 0.0636. The van der Waals surface area contributed by atoms with E-state index in [4.69, 9.17) is 22.1 Å². The maximum Gasteiger partial charge on any atom is 0.412 e. The third kappa shape index (κ3) is 6.08. The SMILES string of the molecule is CC(N)/C=C/c1ccc(NC(=O)OC(C)(C)C)c(Cl)c1. The van der Waals surface area contributed by atoms with Crippen LogP contribution >= 0.6 is 11.6 Å². The van der Waals surface area contributed by atoms with E-state index >= 15 is 0 Å². The number of nitrogens with one attached hydrogen (secondary N) is 1. The fourth-order valence-electron chi connectivity index (χ4n) is 1.41. The molecule has 1 amide bonds. The van der Waals surface area contributed by atoms with Crippen molar-refractivity contribution in [2.75, 3.05) is 5.32 Å². The minimum absolute atomic E-state index is 0.0201. The fourth-order valence-corrected chi connectivity index (χ4v) is 1.65. The van der Waals surface area contributed by atoms with Crippen LogP contribution in [0.15, 0.2) is 24.3 Å². The smallest absolute Gasteiger partial charge is 0.412 e. The van der Waals surface area contributed by atoms with Crippen LogP contribution in [-0.2, 0) is 4.74 Å². The zero-order valence-corrected chi connectivity index (χ0v) is 13.0. The van der Waals surface area contributed by atoms with Crippen LogP contribution in [-0.4, -0.2) is 17.7 Å². The number of rotatable bonds is 3. The lowest BCUT2D eigenvalue weighted by atomic mass is 10.1. The fraction of sp³-hybridized carbons (Fsp3) is 0.400. The van der Waals surface area contributed by atoms with Gasteiger partial charge in [-0.1, -0.05) is 29.8 Å². The maximum absolute atomic E-state index is 11.7. The summed E-state index contributed by atoms with van der Waals surface area (Å²) in [5, 5.41) is 3.06. The van der Waals surface area contributed by atoms with Gasteiger partial charge in [-0.15, -0.1) is 0 Å².